The molecule has 3 nitrogen and oxygen atoms in total. The highest BCUT2D eigenvalue weighted by Crippen LogP contribution is 2.22. The fourth-order valence-electron chi connectivity index (χ4n) is 1.62. The zero-order valence-electron chi connectivity index (χ0n) is 9.77. The van der Waals surface area contributed by atoms with E-state index in [0.717, 1.165) is 5.56 Å². The van der Waals surface area contributed by atoms with E-state index in [2.05, 4.69) is 0 Å². The van der Waals surface area contributed by atoms with Crippen LogP contribution in [-0.4, -0.2) is 11.1 Å². The van der Waals surface area contributed by atoms with Crippen molar-refractivity contribution in [3.63, 3.8) is 0 Å². The number of benzene rings is 2. The van der Waals surface area contributed by atoms with E-state index in [1.165, 1.54) is 6.07 Å². The predicted molar refractivity (Wildman–Crippen MR) is 74.2 cm³/mol. The summed E-state index contributed by atoms with van der Waals surface area (Å²) >= 11 is 11.8. The Bertz CT molecular complexity index is 591. The SMILES string of the molecule is O=C(O)c1ccccc1OCc1cc(Cl)cc(Cl)c1. The Labute approximate surface area is 120 Å². The van der Waals surface area contributed by atoms with Gasteiger partial charge in [-0.1, -0.05) is 35.3 Å². The van der Waals surface area contributed by atoms with Crippen LogP contribution in [0.1, 0.15) is 15.9 Å². The average molecular weight is 297 g/mol. The van der Waals surface area contributed by atoms with Gasteiger partial charge in [0.05, 0.1) is 0 Å². The summed E-state index contributed by atoms with van der Waals surface area (Å²) in [5.41, 5.74) is 0.897. The minimum atomic E-state index is -1.03. The van der Waals surface area contributed by atoms with Crippen molar-refractivity contribution in [2.75, 3.05) is 0 Å². The van der Waals surface area contributed by atoms with Gasteiger partial charge in [-0.25, -0.2) is 4.79 Å². The number of para-hydroxylation sites is 1. The molecule has 0 saturated heterocycles. The van der Waals surface area contributed by atoms with Crippen molar-refractivity contribution in [3.8, 4) is 5.75 Å². The van der Waals surface area contributed by atoms with Crippen molar-refractivity contribution in [1.82, 2.24) is 0 Å². The maximum atomic E-state index is 11.0. The van der Waals surface area contributed by atoms with Crippen molar-refractivity contribution in [2.24, 2.45) is 0 Å². The van der Waals surface area contributed by atoms with Crippen LogP contribution in [-0.2, 0) is 6.61 Å². The first-order valence-corrected chi connectivity index (χ1v) is 6.22. The predicted octanol–water partition coefficient (Wildman–Crippen LogP) is 4.27. The van der Waals surface area contributed by atoms with E-state index in [0.29, 0.717) is 15.8 Å². The van der Waals surface area contributed by atoms with Crippen LogP contribution < -0.4 is 4.74 Å². The molecule has 0 bridgehead atoms. The second kappa shape index (κ2) is 5.95. The molecular weight excluding hydrogens is 287 g/mol. The van der Waals surface area contributed by atoms with E-state index in [1.807, 2.05) is 0 Å². The van der Waals surface area contributed by atoms with E-state index in [9.17, 15) is 4.79 Å². The van der Waals surface area contributed by atoms with Gasteiger partial charge in [0, 0.05) is 10.0 Å². The highest BCUT2D eigenvalue weighted by Gasteiger charge is 2.10. The second-order valence-electron chi connectivity index (χ2n) is 3.87. The molecule has 0 unspecified atom stereocenters. The molecule has 19 heavy (non-hydrogen) atoms. The summed E-state index contributed by atoms with van der Waals surface area (Å²) in [6, 6.07) is 11.5. The molecule has 0 aliphatic heterocycles. The van der Waals surface area contributed by atoms with Crippen molar-refractivity contribution < 1.29 is 14.6 Å². The standard InChI is InChI=1S/C14H10Cl2O3/c15-10-5-9(6-11(16)7-10)8-19-13-4-2-1-3-12(13)14(17)18/h1-7H,8H2,(H,17,18). The molecule has 1 N–H and O–H groups in total. The average Bonchev–Trinajstić information content (AvgIpc) is 2.35. The van der Waals surface area contributed by atoms with Crippen LogP contribution in [0.5, 0.6) is 5.75 Å². The zero-order chi connectivity index (χ0) is 13.8. The third-order valence-corrected chi connectivity index (χ3v) is 2.87. The van der Waals surface area contributed by atoms with Gasteiger partial charge in [-0.05, 0) is 35.9 Å². The van der Waals surface area contributed by atoms with Crippen LogP contribution in [0.4, 0.5) is 0 Å². The molecule has 2 rings (SSSR count). The number of carboxylic acid groups (broad SMARTS) is 1. The van der Waals surface area contributed by atoms with Gasteiger partial charge in [0.1, 0.15) is 17.9 Å². The van der Waals surface area contributed by atoms with Crippen LogP contribution >= 0.6 is 23.2 Å². The Morgan fingerprint density at radius 2 is 1.74 bits per heavy atom. The number of carbonyl (C=O) groups is 1. The van der Waals surface area contributed by atoms with Gasteiger partial charge in [0.15, 0.2) is 0 Å². The fraction of sp³-hybridized carbons (Fsp3) is 0.0714. The first-order chi connectivity index (χ1) is 9.06. The molecular formula is C14H10Cl2O3. The minimum absolute atomic E-state index is 0.121. The Kier molecular flexibility index (Phi) is 4.30. The first-order valence-electron chi connectivity index (χ1n) is 5.46. The normalized spacial score (nSPS) is 10.2. The zero-order valence-corrected chi connectivity index (χ0v) is 11.3. The topological polar surface area (TPSA) is 46.5 Å². The van der Waals surface area contributed by atoms with Gasteiger partial charge in [-0.15, -0.1) is 0 Å². The third-order valence-electron chi connectivity index (χ3n) is 2.43. The summed E-state index contributed by atoms with van der Waals surface area (Å²) in [6.07, 6.45) is 0. The molecule has 0 heterocycles. The third kappa shape index (κ3) is 3.63. The molecule has 0 atom stereocenters. The Hall–Kier alpha value is -1.71. The van der Waals surface area contributed by atoms with E-state index in [4.69, 9.17) is 33.0 Å². The molecule has 0 radical (unpaired) electrons. The van der Waals surface area contributed by atoms with Crippen LogP contribution in [0, 0.1) is 0 Å². The van der Waals surface area contributed by atoms with Gasteiger partial charge < -0.3 is 9.84 Å². The second-order valence-corrected chi connectivity index (χ2v) is 4.74. The summed E-state index contributed by atoms with van der Waals surface area (Å²) in [5, 5.41) is 10.1. The van der Waals surface area contributed by atoms with Gasteiger partial charge >= 0.3 is 5.97 Å². The largest absolute Gasteiger partial charge is 0.488 e. The molecule has 0 saturated carbocycles. The lowest BCUT2D eigenvalue weighted by Gasteiger charge is -2.09. The monoisotopic (exact) mass is 296 g/mol. The lowest BCUT2D eigenvalue weighted by molar-refractivity contribution is 0.0692. The molecule has 2 aromatic carbocycles. The number of halogens is 2. The quantitative estimate of drug-likeness (QED) is 0.916. The minimum Gasteiger partial charge on any atom is -0.488 e. The summed E-state index contributed by atoms with van der Waals surface area (Å²) in [4.78, 5) is 11.0. The van der Waals surface area contributed by atoms with Gasteiger partial charge in [-0.2, -0.15) is 0 Å². The van der Waals surface area contributed by atoms with E-state index in [-0.39, 0.29) is 12.2 Å². The van der Waals surface area contributed by atoms with Crippen molar-refractivity contribution >= 4 is 29.2 Å². The Morgan fingerprint density at radius 3 is 2.37 bits per heavy atom. The molecule has 0 aliphatic carbocycles. The smallest absolute Gasteiger partial charge is 0.339 e. The molecule has 98 valence electrons. The van der Waals surface area contributed by atoms with Gasteiger partial charge in [0.2, 0.25) is 0 Å². The van der Waals surface area contributed by atoms with E-state index in [1.54, 1.807) is 36.4 Å². The fourth-order valence-corrected chi connectivity index (χ4v) is 2.20. The lowest BCUT2D eigenvalue weighted by Crippen LogP contribution is -2.03. The lowest BCUT2D eigenvalue weighted by atomic mass is 10.2. The van der Waals surface area contributed by atoms with Crippen LogP contribution in [0.25, 0.3) is 0 Å². The highest BCUT2D eigenvalue weighted by molar-refractivity contribution is 6.34. The van der Waals surface area contributed by atoms with Crippen molar-refractivity contribution in [3.05, 3.63) is 63.6 Å². The number of rotatable bonds is 4. The number of carboxylic acids is 1. The summed E-state index contributed by atoms with van der Waals surface area (Å²) in [5.74, 6) is -0.717. The van der Waals surface area contributed by atoms with Crippen molar-refractivity contribution in [1.29, 1.82) is 0 Å². The van der Waals surface area contributed by atoms with Crippen LogP contribution in [0.3, 0.4) is 0 Å². The molecule has 0 aliphatic rings. The Morgan fingerprint density at radius 1 is 1.11 bits per heavy atom. The van der Waals surface area contributed by atoms with Gasteiger partial charge in [0.25, 0.3) is 0 Å². The maximum absolute atomic E-state index is 11.0. The molecule has 2 aromatic rings. The summed E-state index contributed by atoms with van der Waals surface area (Å²) in [6.45, 7) is 0.199. The number of hydrogen-bond donors (Lipinski definition) is 1. The molecule has 5 heteroatoms. The van der Waals surface area contributed by atoms with Gasteiger partial charge in [-0.3, -0.25) is 0 Å². The molecule has 0 fully saturated rings. The van der Waals surface area contributed by atoms with E-state index >= 15 is 0 Å². The first kappa shape index (κ1) is 13.7. The number of aromatic carboxylic acids is 1. The highest BCUT2D eigenvalue weighted by atomic mass is 35.5. The molecule has 0 aromatic heterocycles. The van der Waals surface area contributed by atoms with Crippen LogP contribution in [0.2, 0.25) is 10.0 Å². The van der Waals surface area contributed by atoms with Crippen LogP contribution in [0.15, 0.2) is 42.5 Å². The van der Waals surface area contributed by atoms with E-state index < -0.39 is 5.97 Å². The Balaban J connectivity index is 2.16. The number of hydrogen-bond acceptors (Lipinski definition) is 2. The molecule has 0 amide bonds. The summed E-state index contributed by atoms with van der Waals surface area (Å²) in [7, 11) is 0. The maximum Gasteiger partial charge on any atom is 0.339 e. The summed E-state index contributed by atoms with van der Waals surface area (Å²) < 4.78 is 5.50. The molecule has 0 spiro atoms. The number of ether oxygens (including phenoxy) is 1. The van der Waals surface area contributed by atoms with Crippen molar-refractivity contribution in [2.45, 2.75) is 6.61 Å².